The Balaban J connectivity index is 3.04. The number of amides is 5. The van der Waals surface area contributed by atoms with E-state index in [1.165, 1.54) is 21.6 Å². The van der Waals surface area contributed by atoms with Crippen LogP contribution < -0.4 is 106 Å². The van der Waals surface area contributed by atoms with Crippen LogP contribution in [-0.2, 0) is 28.5 Å². The maximum absolute atomic E-state index is 14.6. The van der Waals surface area contributed by atoms with Crippen LogP contribution in [0.25, 0.3) is 0 Å². The van der Waals surface area contributed by atoms with Gasteiger partial charge in [-0.1, -0.05) is 124 Å². The molecule has 1 aliphatic rings. The summed E-state index contributed by atoms with van der Waals surface area (Å²) in [5, 5.41) is 0. The van der Waals surface area contributed by atoms with E-state index in [2.05, 4.69) is 39.9 Å². The predicted octanol–water partition coefficient (Wildman–Crippen LogP) is 2.41. The lowest BCUT2D eigenvalue weighted by atomic mass is 10.0. The van der Waals surface area contributed by atoms with Crippen molar-refractivity contribution in [2.24, 2.45) is 132 Å². The highest BCUT2D eigenvalue weighted by atomic mass is 33.1. The molecule has 1 fully saturated rings. The van der Waals surface area contributed by atoms with E-state index in [-0.39, 0.29) is 150 Å². The fourth-order valence-electron chi connectivity index (χ4n) is 13.4. The number of carbonyl (C=O) groups is 6. The summed E-state index contributed by atoms with van der Waals surface area (Å²) in [7, 11) is 8.36. The molecule has 0 bridgehead atoms. The molecule has 1 aromatic heterocycles. The number of hydrogen-bond acceptors (Lipinski definition) is 26. The molecule has 0 unspecified atom stereocenters. The number of hydrogen-bond donors (Lipinski definition) is 16. The second-order valence-corrected chi connectivity index (χ2v) is 34.1. The largest absolute Gasteiger partial charge is 0.448 e. The van der Waals surface area contributed by atoms with E-state index in [1.807, 2.05) is 4.90 Å². The maximum Gasteiger partial charge on any atom is 0.409 e. The first kappa shape index (κ1) is 115. The molecule has 0 saturated carbocycles. The number of nitrogens with zero attached hydrogens (tertiary/aromatic N) is 19. The molecule has 2 radical (unpaired) electrons. The van der Waals surface area contributed by atoms with Crippen LogP contribution in [0, 0.1) is 0 Å². The zero-order valence-corrected chi connectivity index (χ0v) is 78.6. The van der Waals surface area contributed by atoms with Crippen LogP contribution in [0.2, 0.25) is 0 Å². The standard InChI is InChI=1S/C81H160BN35O10S2/c82-65(118)33-63-128-129-64-34-66(119)110-51-53-111(54-52-110)75-107-76(112(55-59-124-78(120)114(43-25-9-1-17-35-99-67(83)84)44-26-10-2-18-36-100-68(85)86)56-60-125-79(121)115(45-27-11-3-19-37-101-69(87)88)46-28-12-4-20-38-102-70(89)90)109-77(108-75)113(57-61-126-80(122)116(47-29-13-5-21-39-103-71(91)92)48-30-14-6-22-40-104-72(93)94)58-62-127-81(123)117(49-31-15-7-23-41-105-73(95)96)50-32-16-8-24-42-106-74(97)98/h1-64H2,(H4,83,84,99)(H4,85,86,100)(H4,87,88,101)(H4,89,90,102)(H4,91,92,103)(H4,93,94,104)(H4,95,96,105)(H4,97,98,106). The van der Waals surface area contributed by atoms with Gasteiger partial charge in [0.15, 0.2) is 55.5 Å². The SMILES string of the molecule is [B]C(=O)CCSSCCC(=O)N1CCN(c2nc(N(CCOC(=O)N(CCCCCCN=C(N)N)CCCCCCN=C(N)N)CCOC(=O)N(CCCCCCN=C(N)N)CCCCCCN=C(N)N)nc(N(CCOC(=O)N(CCCCCCN=C(N)N)CCCCCCN=C(N)N)CCOC(=O)N(CCCCCCN=C(N)N)CCCCCCN=C(N)N)n2)CC1. The lowest BCUT2D eigenvalue weighted by Crippen LogP contribution is -2.49. The highest BCUT2D eigenvalue weighted by Crippen LogP contribution is 2.26. The molecule has 0 spiro atoms. The minimum absolute atomic E-state index is 0.0247. The topological polar surface area (TPSA) is 719 Å². The third-order valence-corrected chi connectivity index (χ3v) is 22.8. The van der Waals surface area contributed by atoms with Crippen molar-refractivity contribution in [3.63, 3.8) is 0 Å². The number of carbonyl (C=O) groups excluding carboxylic acids is 6. The number of aliphatic imine (C=N–C) groups is 8. The van der Waals surface area contributed by atoms with Crippen molar-refractivity contribution in [1.82, 2.24) is 39.5 Å². The Hall–Kier alpha value is -10.4. The highest BCUT2D eigenvalue weighted by Gasteiger charge is 2.29. The fraction of sp³-hybridized carbons (Fsp3) is 0.790. The Labute approximate surface area is 773 Å². The van der Waals surface area contributed by atoms with Crippen molar-refractivity contribution in [3.8, 4) is 0 Å². The second kappa shape index (κ2) is 75.4. The summed E-state index contributed by atoms with van der Waals surface area (Å²) in [6, 6.07) is 0. The molecule has 2 rings (SSSR count). The van der Waals surface area contributed by atoms with E-state index in [1.54, 1.807) is 34.3 Å². The molecule has 0 atom stereocenters. The number of nitrogens with two attached hydrogens (primary N) is 16. The summed E-state index contributed by atoms with van der Waals surface area (Å²) < 4.78 is 25.0. The molecule has 1 saturated heterocycles. The number of aromatic nitrogens is 3. The Bertz CT molecular complexity index is 2980. The van der Waals surface area contributed by atoms with Crippen LogP contribution in [0.5, 0.6) is 0 Å². The van der Waals surface area contributed by atoms with Gasteiger partial charge in [-0.2, -0.15) is 15.0 Å². The van der Waals surface area contributed by atoms with E-state index in [0.29, 0.717) is 181 Å². The van der Waals surface area contributed by atoms with Crippen LogP contribution >= 0.6 is 21.6 Å². The summed E-state index contributed by atoms with van der Waals surface area (Å²) >= 11 is 0. The van der Waals surface area contributed by atoms with Crippen molar-refractivity contribution in [2.45, 2.75) is 218 Å². The van der Waals surface area contributed by atoms with Gasteiger partial charge in [-0.15, -0.1) is 0 Å². The van der Waals surface area contributed by atoms with Crippen molar-refractivity contribution in [1.29, 1.82) is 0 Å². The molecule has 734 valence electrons. The van der Waals surface area contributed by atoms with E-state index < -0.39 is 30.1 Å². The Morgan fingerprint density at radius 3 is 0.705 bits per heavy atom. The van der Waals surface area contributed by atoms with Gasteiger partial charge in [-0.25, -0.2) is 19.2 Å². The zero-order chi connectivity index (χ0) is 94.7. The second-order valence-electron chi connectivity index (χ2n) is 31.4. The number of guanidine groups is 8. The van der Waals surface area contributed by atoms with Crippen LogP contribution in [-0.4, -0.2) is 326 Å². The molecule has 32 N–H and O–H groups in total. The summed E-state index contributed by atoms with van der Waals surface area (Å²) in [5.74, 6) is 1.58. The smallest absolute Gasteiger partial charge is 0.409 e. The van der Waals surface area contributed by atoms with Crippen LogP contribution in [0.1, 0.15) is 218 Å². The van der Waals surface area contributed by atoms with Crippen LogP contribution in [0.15, 0.2) is 39.9 Å². The van der Waals surface area contributed by atoms with Crippen LogP contribution in [0.4, 0.5) is 37.0 Å². The van der Waals surface area contributed by atoms with Crippen molar-refractivity contribution >= 4 is 131 Å². The number of anilines is 3. The summed E-state index contributed by atoms with van der Waals surface area (Å²) in [6.45, 7) is 7.44. The van der Waals surface area contributed by atoms with Gasteiger partial charge in [0.2, 0.25) is 23.8 Å². The first-order valence-electron chi connectivity index (χ1n) is 46.1. The third kappa shape index (κ3) is 64.0. The Morgan fingerprint density at radius 2 is 0.496 bits per heavy atom. The summed E-state index contributed by atoms with van der Waals surface area (Å²) in [6.07, 6.45) is 22.8. The fourth-order valence-corrected chi connectivity index (χ4v) is 15.4. The van der Waals surface area contributed by atoms with Crippen molar-refractivity contribution in [2.75, 3.05) is 210 Å². The summed E-state index contributed by atoms with van der Waals surface area (Å²) in [5.41, 5.74) is 89.2. The van der Waals surface area contributed by atoms with Gasteiger partial charge in [-0.05, 0) is 103 Å². The minimum atomic E-state index is -0.541. The lowest BCUT2D eigenvalue weighted by molar-refractivity contribution is -0.131. The molecule has 45 nitrogen and oxygen atoms in total. The quantitative estimate of drug-likeness (QED) is 0.0111. The molecule has 2 heterocycles. The molecule has 1 aromatic rings. The van der Waals surface area contributed by atoms with Crippen molar-refractivity contribution in [3.05, 3.63) is 0 Å². The average molecular weight is 1860 g/mol. The lowest BCUT2D eigenvalue weighted by Gasteiger charge is -2.35. The monoisotopic (exact) mass is 1860 g/mol. The Morgan fingerprint density at radius 1 is 0.287 bits per heavy atom. The molecule has 48 heteroatoms. The third-order valence-electron chi connectivity index (χ3n) is 20.4. The molecule has 0 aliphatic carbocycles. The van der Waals surface area contributed by atoms with Gasteiger partial charge in [-0.3, -0.25) is 44.7 Å². The molecular formula is C81H160BN35O10S2. The first-order valence-corrected chi connectivity index (χ1v) is 48.6. The first-order chi connectivity index (χ1) is 62.1. The van der Waals surface area contributed by atoms with Crippen LogP contribution in [0.3, 0.4) is 0 Å². The van der Waals surface area contributed by atoms with Gasteiger partial charge in [0, 0.05) is 155 Å². The number of ether oxygens (including phenoxy) is 4. The average Bonchev–Trinajstić information content (AvgIpc) is 0.804. The van der Waals surface area contributed by atoms with E-state index in [0.717, 1.165) is 154 Å². The van der Waals surface area contributed by atoms with E-state index in [4.69, 9.17) is 133 Å². The number of unbranched alkanes of at least 4 members (excludes halogenated alkanes) is 24. The van der Waals surface area contributed by atoms with Gasteiger partial charge in [0.1, 0.15) is 26.4 Å². The van der Waals surface area contributed by atoms with Gasteiger partial charge < -0.3 is 155 Å². The number of rotatable bonds is 78. The molecule has 0 aromatic carbocycles. The Kier molecular flexibility index (Phi) is 67.0. The minimum Gasteiger partial charge on any atom is -0.448 e. The maximum atomic E-state index is 14.6. The molecule has 1 aliphatic heterocycles. The molecule has 5 amide bonds. The normalized spacial score (nSPS) is 11.6. The van der Waals surface area contributed by atoms with Gasteiger partial charge in [0.25, 0.3) is 0 Å². The van der Waals surface area contributed by atoms with Gasteiger partial charge in [0.05, 0.1) is 31.9 Å². The van der Waals surface area contributed by atoms with Crippen molar-refractivity contribution < 1.29 is 47.7 Å². The molecule has 129 heavy (non-hydrogen) atoms. The summed E-state index contributed by atoms with van der Waals surface area (Å²) in [4.78, 5) is 147. The number of piperazine rings is 1. The zero-order valence-electron chi connectivity index (χ0n) is 77.0. The van der Waals surface area contributed by atoms with E-state index in [9.17, 15) is 28.8 Å². The van der Waals surface area contributed by atoms with E-state index >= 15 is 0 Å². The predicted molar refractivity (Wildman–Crippen MR) is 523 cm³/mol. The molecular weight excluding hydrogens is 1700 g/mol. The highest BCUT2D eigenvalue weighted by molar-refractivity contribution is 8.76. The van der Waals surface area contributed by atoms with Gasteiger partial charge >= 0.3 is 24.4 Å².